The third kappa shape index (κ3) is 5.35. The van der Waals surface area contributed by atoms with Crippen LogP contribution >= 0.6 is 0 Å². The monoisotopic (exact) mass is 431 g/mol. The number of amides is 1. The van der Waals surface area contributed by atoms with Crippen molar-refractivity contribution in [2.75, 3.05) is 26.7 Å². The Hall–Kier alpha value is -3.17. The number of hydrogen-bond acceptors (Lipinski definition) is 5. The average molecular weight is 432 g/mol. The van der Waals surface area contributed by atoms with E-state index in [2.05, 4.69) is 15.9 Å². The fourth-order valence-corrected chi connectivity index (χ4v) is 4.38. The summed E-state index contributed by atoms with van der Waals surface area (Å²) in [5, 5.41) is 9.19. The van der Waals surface area contributed by atoms with Crippen molar-refractivity contribution in [3.63, 3.8) is 0 Å². The number of esters is 1. The summed E-state index contributed by atoms with van der Waals surface area (Å²) < 4.78 is 4.76. The van der Waals surface area contributed by atoms with Gasteiger partial charge >= 0.3 is 5.97 Å². The minimum atomic E-state index is -0.321. The van der Waals surface area contributed by atoms with Crippen LogP contribution in [0.15, 0.2) is 48.5 Å². The molecule has 0 bridgehead atoms. The normalized spacial score (nSPS) is 16.9. The molecular weight excluding hydrogens is 402 g/mol. The van der Waals surface area contributed by atoms with Crippen molar-refractivity contribution in [1.82, 2.24) is 9.80 Å². The fourth-order valence-electron chi connectivity index (χ4n) is 4.38. The van der Waals surface area contributed by atoms with Crippen LogP contribution in [0.5, 0.6) is 0 Å². The zero-order valence-electron chi connectivity index (χ0n) is 18.5. The molecule has 2 aliphatic rings. The number of nitriles is 1. The number of likely N-dealkylation sites (tertiary alicyclic amines) is 1. The minimum Gasteiger partial charge on any atom is -0.465 e. The second-order valence-electron chi connectivity index (χ2n) is 8.79. The molecule has 1 saturated carbocycles. The second-order valence-corrected chi connectivity index (χ2v) is 8.79. The Bertz CT molecular complexity index is 1000. The van der Waals surface area contributed by atoms with Crippen molar-refractivity contribution in [2.24, 2.45) is 5.92 Å². The molecule has 1 aliphatic heterocycles. The first kappa shape index (κ1) is 22.0. The Morgan fingerprint density at radius 3 is 2.41 bits per heavy atom. The van der Waals surface area contributed by atoms with Crippen LogP contribution in [0.4, 0.5) is 0 Å². The van der Waals surface area contributed by atoms with Gasteiger partial charge in [-0.25, -0.2) is 4.79 Å². The summed E-state index contributed by atoms with van der Waals surface area (Å²) in [6, 6.07) is 17.0. The highest BCUT2D eigenvalue weighted by Gasteiger charge is 2.33. The lowest BCUT2D eigenvalue weighted by molar-refractivity contribution is 0.0550. The molecule has 1 saturated heterocycles. The van der Waals surface area contributed by atoms with Crippen molar-refractivity contribution in [3.8, 4) is 6.07 Å². The zero-order chi connectivity index (χ0) is 22.5. The first-order valence-corrected chi connectivity index (χ1v) is 11.3. The Labute approximate surface area is 189 Å². The maximum absolute atomic E-state index is 13.3. The first-order chi connectivity index (χ1) is 15.6. The van der Waals surface area contributed by atoms with Crippen LogP contribution < -0.4 is 0 Å². The largest absolute Gasteiger partial charge is 0.465 e. The molecule has 4 rings (SSSR count). The zero-order valence-corrected chi connectivity index (χ0v) is 18.5. The molecule has 0 spiro atoms. The van der Waals surface area contributed by atoms with Crippen LogP contribution in [-0.2, 0) is 11.3 Å². The summed E-state index contributed by atoms with van der Waals surface area (Å²) in [6.07, 6.45) is 4.28. The van der Waals surface area contributed by atoms with E-state index >= 15 is 0 Å². The number of piperidine rings is 1. The number of rotatable bonds is 7. The number of benzene rings is 2. The van der Waals surface area contributed by atoms with Gasteiger partial charge in [-0.1, -0.05) is 18.2 Å². The van der Waals surface area contributed by atoms with E-state index in [4.69, 9.17) is 4.74 Å². The smallest absolute Gasteiger partial charge is 0.337 e. The summed E-state index contributed by atoms with van der Waals surface area (Å²) in [7, 11) is 1.39. The predicted molar refractivity (Wildman–Crippen MR) is 121 cm³/mol. The molecule has 0 radical (unpaired) electrons. The van der Waals surface area contributed by atoms with E-state index in [-0.39, 0.29) is 17.9 Å². The molecule has 0 aromatic heterocycles. The van der Waals surface area contributed by atoms with Gasteiger partial charge in [-0.3, -0.25) is 9.69 Å². The third-order valence-electron chi connectivity index (χ3n) is 6.43. The van der Waals surface area contributed by atoms with Crippen LogP contribution in [0.3, 0.4) is 0 Å². The number of nitrogens with zero attached hydrogens (tertiary/aromatic N) is 3. The lowest BCUT2D eigenvalue weighted by Crippen LogP contribution is -2.48. The quantitative estimate of drug-likeness (QED) is 0.623. The fraction of sp³-hybridized carbons (Fsp3) is 0.423. The SMILES string of the molecule is COC(=O)c1ccc(CN2CCC(N(CC3CC3)C(=O)c3cccc(C#N)c3)CC2)cc1. The summed E-state index contributed by atoms with van der Waals surface area (Å²) >= 11 is 0. The van der Waals surface area contributed by atoms with Crippen molar-refractivity contribution in [1.29, 1.82) is 5.26 Å². The highest BCUT2D eigenvalue weighted by atomic mass is 16.5. The molecule has 1 amide bonds. The lowest BCUT2D eigenvalue weighted by atomic mass is 10.00. The van der Waals surface area contributed by atoms with E-state index in [1.165, 1.54) is 20.0 Å². The number of methoxy groups -OCH3 is 1. The molecule has 1 heterocycles. The summed E-state index contributed by atoms with van der Waals surface area (Å²) in [5.41, 5.74) is 2.85. The molecule has 166 valence electrons. The number of hydrogen-bond donors (Lipinski definition) is 0. The van der Waals surface area contributed by atoms with E-state index < -0.39 is 0 Å². The van der Waals surface area contributed by atoms with Gasteiger partial charge in [0.25, 0.3) is 5.91 Å². The van der Waals surface area contributed by atoms with Crippen LogP contribution in [0.25, 0.3) is 0 Å². The van der Waals surface area contributed by atoms with Gasteiger partial charge in [-0.05, 0) is 67.5 Å². The minimum absolute atomic E-state index is 0.0471. The van der Waals surface area contributed by atoms with Gasteiger partial charge in [0.15, 0.2) is 0 Å². The Kier molecular flexibility index (Phi) is 6.87. The van der Waals surface area contributed by atoms with Crippen LogP contribution in [0.1, 0.15) is 57.5 Å². The van der Waals surface area contributed by atoms with Gasteiger partial charge in [0.2, 0.25) is 0 Å². The highest BCUT2D eigenvalue weighted by Crippen LogP contribution is 2.32. The number of ether oxygens (including phenoxy) is 1. The van der Waals surface area contributed by atoms with E-state index in [0.717, 1.165) is 44.6 Å². The molecular formula is C26H29N3O3. The molecule has 32 heavy (non-hydrogen) atoms. The van der Waals surface area contributed by atoms with E-state index in [9.17, 15) is 14.9 Å². The molecule has 0 unspecified atom stereocenters. The molecule has 0 atom stereocenters. The molecule has 2 aromatic carbocycles. The molecule has 2 aromatic rings. The second kappa shape index (κ2) is 9.97. The number of carbonyl (C=O) groups is 2. The van der Waals surface area contributed by atoms with Crippen LogP contribution in [-0.4, -0.2) is 54.5 Å². The van der Waals surface area contributed by atoms with E-state index in [0.29, 0.717) is 22.6 Å². The maximum atomic E-state index is 13.3. The topological polar surface area (TPSA) is 73.6 Å². The predicted octanol–water partition coefficient (Wildman–Crippen LogP) is 3.86. The molecule has 2 fully saturated rings. The van der Waals surface area contributed by atoms with Crippen LogP contribution in [0, 0.1) is 17.2 Å². The van der Waals surface area contributed by atoms with Gasteiger partial charge in [0.05, 0.1) is 24.3 Å². The Balaban J connectivity index is 1.37. The van der Waals surface area contributed by atoms with Crippen molar-refractivity contribution in [3.05, 3.63) is 70.8 Å². The van der Waals surface area contributed by atoms with E-state index in [1.54, 1.807) is 30.3 Å². The van der Waals surface area contributed by atoms with Gasteiger partial charge < -0.3 is 9.64 Å². The number of carbonyl (C=O) groups excluding carboxylic acids is 2. The summed E-state index contributed by atoms with van der Waals surface area (Å²) in [5.74, 6) is 0.341. The van der Waals surface area contributed by atoms with E-state index in [1.807, 2.05) is 18.2 Å². The van der Waals surface area contributed by atoms with Crippen molar-refractivity contribution >= 4 is 11.9 Å². The first-order valence-electron chi connectivity index (χ1n) is 11.3. The Morgan fingerprint density at radius 2 is 1.78 bits per heavy atom. The summed E-state index contributed by atoms with van der Waals surface area (Å²) in [6.45, 7) is 3.50. The van der Waals surface area contributed by atoms with Crippen LogP contribution in [0.2, 0.25) is 0 Å². The molecule has 0 N–H and O–H groups in total. The van der Waals surface area contributed by atoms with Gasteiger partial charge in [-0.15, -0.1) is 0 Å². The maximum Gasteiger partial charge on any atom is 0.337 e. The van der Waals surface area contributed by atoms with Crippen molar-refractivity contribution < 1.29 is 14.3 Å². The molecule has 6 heteroatoms. The third-order valence-corrected chi connectivity index (χ3v) is 6.43. The average Bonchev–Trinajstić information content (AvgIpc) is 3.67. The standard InChI is InChI=1S/C26H29N3O3/c1-32-26(31)22-9-7-19(8-10-22)17-28-13-11-24(12-14-28)29(18-20-5-6-20)25(30)23-4-2-3-21(15-23)16-27/h2-4,7-10,15,20,24H,5-6,11-14,17-18H2,1H3. The highest BCUT2D eigenvalue weighted by molar-refractivity contribution is 5.94. The van der Waals surface area contributed by atoms with Gasteiger partial charge in [0.1, 0.15) is 0 Å². The molecule has 6 nitrogen and oxygen atoms in total. The van der Waals surface area contributed by atoms with Gasteiger partial charge in [-0.2, -0.15) is 5.26 Å². The summed E-state index contributed by atoms with van der Waals surface area (Å²) in [4.78, 5) is 29.4. The Morgan fingerprint density at radius 1 is 1.06 bits per heavy atom. The van der Waals surface area contributed by atoms with Gasteiger partial charge in [0, 0.05) is 37.8 Å². The lowest BCUT2D eigenvalue weighted by Gasteiger charge is -2.39. The van der Waals surface area contributed by atoms with Crippen molar-refractivity contribution in [2.45, 2.75) is 38.3 Å². The molecule has 1 aliphatic carbocycles.